The van der Waals surface area contributed by atoms with Gasteiger partial charge in [0.25, 0.3) is 0 Å². The maximum atomic E-state index is 13.4. The molecule has 0 bridgehead atoms. The van der Waals surface area contributed by atoms with Crippen molar-refractivity contribution in [2.45, 2.75) is 44.8 Å². The van der Waals surface area contributed by atoms with Gasteiger partial charge in [-0.2, -0.15) is 18.3 Å². The summed E-state index contributed by atoms with van der Waals surface area (Å²) in [6, 6.07) is 6.41. The monoisotopic (exact) mass is 569 g/mol. The molecular formula is C28H30F3N7OS. The molecule has 1 fully saturated rings. The summed E-state index contributed by atoms with van der Waals surface area (Å²) >= 11 is 0. The van der Waals surface area contributed by atoms with E-state index in [1.54, 1.807) is 18.5 Å². The van der Waals surface area contributed by atoms with Gasteiger partial charge in [-0.3, -0.25) is 8.89 Å². The summed E-state index contributed by atoms with van der Waals surface area (Å²) in [4.78, 5) is 15.9. The van der Waals surface area contributed by atoms with Crippen LogP contribution in [0.4, 0.5) is 30.5 Å². The molecular weight excluding hydrogens is 539 g/mol. The Kier molecular flexibility index (Phi) is 6.76. The van der Waals surface area contributed by atoms with Gasteiger partial charge >= 0.3 is 6.18 Å². The van der Waals surface area contributed by atoms with Crippen molar-refractivity contribution in [3.05, 3.63) is 54.1 Å². The molecule has 4 aromatic rings. The summed E-state index contributed by atoms with van der Waals surface area (Å²) in [5.41, 5.74) is 3.33. The zero-order valence-corrected chi connectivity index (χ0v) is 23.3. The molecule has 0 radical (unpaired) electrons. The third-order valence-electron chi connectivity index (χ3n) is 7.68. The van der Waals surface area contributed by atoms with Gasteiger partial charge in [-0.25, -0.2) is 15.0 Å². The van der Waals surface area contributed by atoms with Gasteiger partial charge in [0.15, 0.2) is 5.82 Å². The maximum absolute atomic E-state index is 13.4. The lowest BCUT2D eigenvalue weighted by molar-refractivity contribution is -0.168. The average molecular weight is 570 g/mol. The number of pyridine rings is 1. The van der Waals surface area contributed by atoms with Crippen LogP contribution in [0.3, 0.4) is 0 Å². The van der Waals surface area contributed by atoms with Crippen LogP contribution < -0.4 is 10.2 Å². The minimum Gasteiger partial charge on any atom is -0.370 e. The lowest BCUT2D eigenvalue weighted by atomic mass is 9.93. The highest BCUT2D eigenvalue weighted by atomic mass is 32.2. The van der Waals surface area contributed by atoms with E-state index in [9.17, 15) is 17.4 Å². The van der Waals surface area contributed by atoms with Gasteiger partial charge in [-0.05, 0) is 47.9 Å². The van der Waals surface area contributed by atoms with Crippen molar-refractivity contribution in [3.63, 3.8) is 0 Å². The van der Waals surface area contributed by atoms with Gasteiger partial charge in [-0.15, -0.1) is 0 Å². The smallest absolute Gasteiger partial charge is 0.370 e. The quantitative estimate of drug-likeness (QED) is 0.309. The van der Waals surface area contributed by atoms with E-state index >= 15 is 0 Å². The van der Waals surface area contributed by atoms with E-state index in [0.29, 0.717) is 40.6 Å². The van der Waals surface area contributed by atoms with Gasteiger partial charge < -0.3 is 10.2 Å². The van der Waals surface area contributed by atoms with Gasteiger partial charge in [0.2, 0.25) is 0 Å². The fourth-order valence-corrected chi connectivity index (χ4v) is 6.65. The van der Waals surface area contributed by atoms with Gasteiger partial charge in [0.05, 0.1) is 17.5 Å². The molecule has 0 aliphatic carbocycles. The first kappa shape index (κ1) is 26.7. The molecule has 40 heavy (non-hydrogen) atoms. The highest BCUT2D eigenvalue weighted by molar-refractivity contribution is 7.84. The third-order valence-corrected chi connectivity index (χ3v) is 8.62. The van der Waals surface area contributed by atoms with Crippen molar-refractivity contribution in [1.82, 2.24) is 24.7 Å². The molecule has 0 amide bonds. The molecule has 210 valence electrons. The Morgan fingerprint density at radius 2 is 1.90 bits per heavy atom. The van der Waals surface area contributed by atoms with Crippen LogP contribution in [0, 0.1) is 5.92 Å². The van der Waals surface area contributed by atoms with Crippen molar-refractivity contribution >= 4 is 38.9 Å². The molecule has 1 saturated heterocycles. The fourth-order valence-electron chi connectivity index (χ4n) is 5.78. The van der Waals surface area contributed by atoms with Crippen LogP contribution >= 0.6 is 0 Å². The summed E-state index contributed by atoms with van der Waals surface area (Å²) in [5.74, 6) is 2.87. The largest absolute Gasteiger partial charge is 0.410 e. The minimum atomic E-state index is -4.34. The number of hydrogen-bond acceptors (Lipinski definition) is 7. The number of hydrogen-bond donors (Lipinski definition) is 1. The molecule has 0 spiro atoms. The Labute approximate surface area is 232 Å². The number of anilines is 3. The molecule has 2 aliphatic heterocycles. The summed E-state index contributed by atoms with van der Waals surface area (Å²) < 4.78 is 52.8. The highest BCUT2D eigenvalue weighted by Gasteiger charge is 2.46. The lowest BCUT2D eigenvalue weighted by Crippen LogP contribution is -2.49. The number of halogens is 3. The summed E-state index contributed by atoms with van der Waals surface area (Å²) in [7, 11) is -0.800. The number of benzene rings is 1. The molecule has 3 aromatic heterocycles. The third kappa shape index (κ3) is 4.93. The van der Waals surface area contributed by atoms with E-state index in [1.807, 2.05) is 12.3 Å². The molecule has 0 saturated carbocycles. The molecule has 2 aliphatic rings. The molecule has 8 nitrogen and oxygen atoms in total. The Bertz CT molecular complexity index is 1600. The van der Waals surface area contributed by atoms with Crippen molar-refractivity contribution < 1.29 is 17.4 Å². The molecule has 2 unspecified atom stereocenters. The number of nitrogens with zero attached hydrogens (tertiary/aromatic N) is 6. The molecule has 2 atom stereocenters. The Hall–Kier alpha value is -3.54. The number of alkyl halides is 3. The van der Waals surface area contributed by atoms with Gasteiger partial charge in [0, 0.05) is 65.3 Å². The fraction of sp³-hybridized carbons (Fsp3) is 0.429. The summed E-state index contributed by atoms with van der Waals surface area (Å²) in [6.45, 7) is 6.06. The lowest BCUT2D eigenvalue weighted by Gasteiger charge is -2.41. The van der Waals surface area contributed by atoms with Crippen LogP contribution in [0.1, 0.15) is 43.5 Å². The van der Waals surface area contributed by atoms with Crippen LogP contribution in [0.5, 0.6) is 0 Å². The standard InChI is InChI=1S/C28H30F3N7OS/c1-16(2)18-4-5-22(37-13-17(14-37)15-40(3)39)20-11-33-26(10-19(18)20)35-25-8-9-32-27(36-25)21-12-34-38-23(21)6-7-24(38)28(29,30)31/h4-5,8-12,16-17,24H,6-7,13-15H2,1-3H3,(H,32,33,35,36). The number of nitrogens with one attached hydrogen (secondary N) is 1. The van der Waals surface area contributed by atoms with E-state index in [1.165, 1.54) is 11.8 Å². The average Bonchev–Trinajstić information content (AvgIpc) is 3.47. The van der Waals surface area contributed by atoms with Crippen LogP contribution in [-0.4, -0.2) is 60.2 Å². The van der Waals surface area contributed by atoms with Gasteiger partial charge in [0.1, 0.15) is 17.7 Å². The first-order valence-electron chi connectivity index (χ1n) is 13.3. The SMILES string of the molecule is CC(C)c1ccc(N2CC(CS(C)=O)C2)c2cnc(Nc3ccnc(-c4cnn5c4CCC5C(F)(F)F)n3)cc12. The van der Waals surface area contributed by atoms with Crippen LogP contribution in [-0.2, 0) is 17.2 Å². The molecule has 12 heteroatoms. The van der Waals surface area contributed by atoms with E-state index < -0.39 is 23.0 Å². The Morgan fingerprint density at radius 1 is 1.10 bits per heavy atom. The van der Waals surface area contributed by atoms with Crippen molar-refractivity contribution in [2.75, 3.05) is 35.3 Å². The predicted molar refractivity (Wildman–Crippen MR) is 150 cm³/mol. The van der Waals surface area contributed by atoms with Crippen molar-refractivity contribution in [2.24, 2.45) is 5.92 Å². The van der Waals surface area contributed by atoms with Gasteiger partial charge in [-0.1, -0.05) is 19.9 Å². The van der Waals surface area contributed by atoms with E-state index in [4.69, 9.17) is 0 Å². The number of fused-ring (bicyclic) bond motifs is 2. The number of rotatable bonds is 7. The first-order chi connectivity index (χ1) is 19.1. The van der Waals surface area contributed by atoms with Crippen LogP contribution in [0.25, 0.3) is 22.2 Å². The predicted octanol–water partition coefficient (Wildman–Crippen LogP) is 5.62. The second kappa shape index (κ2) is 10.1. The first-order valence-corrected chi connectivity index (χ1v) is 15.0. The van der Waals surface area contributed by atoms with Crippen molar-refractivity contribution in [3.8, 4) is 11.4 Å². The summed E-state index contributed by atoms with van der Waals surface area (Å²) in [5, 5.41) is 9.42. The maximum Gasteiger partial charge on any atom is 0.410 e. The van der Waals surface area contributed by atoms with Crippen molar-refractivity contribution in [1.29, 1.82) is 0 Å². The second-order valence-electron chi connectivity index (χ2n) is 10.9. The van der Waals surface area contributed by atoms with E-state index in [0.717, 1.165) is 40.0 Å². The Balaban J connectivity index is 1.28. The normalized spacial score (nSPS) is 18.3. The molecule has 6 rings (SSSR count). The number of aromatic nitrogens is 5. The summed E-state index contributed by atoms with van der Waals surface area (Å²) in [6.07, 6.45) is 2.50. The van der Waals surface area contributed by atoms with E-state index in [-0.39, 0.29) is 12.8 Å². The highest BCUT2D eigenvalue weighted by Crippen LogP contribution is 2.41. The second-order valence-corrected chi connectivity index (χ2v) is 12.4. The van der Waals surface area contributed by atoms with E-state index in [2.05, 4.69) is 56.2 Å². The molecule has 1 N–H and O–H groups in total. The Morgan fingerprint density at radius 3 is 2.62 bits per heavy atom. The van der Waals surface area contributed by atoms with Crippen LogP contribution in [0.2, 0.25) is 0 Å². The molecule has 1 aromatic carbocycles. The zero-order chi connectivity index (χ0) is 28.2. The zero-order valence-electron chi connectivity index (χ0n) is 22.4. The van der Waals surface area contributed by atoms with Crippen LogP contribution in [0.15, 0.2) is 42.9 Å². The minimum absolute atomic E-state index is 0.0327. The molecule has 5 heterocycles. The topological polar surface area (TPSA) is 88.8 Å².